The van der Waals surface area contributed by atoms with Gasteiger partial charge in [0.2, 0.25) is 0 Å². The first-order chi connectivity index (χ1) is 16.0. The smallest absolute Gasteiger partial charge is 0.414 e. The number of nitrogens with one attached hydrogen (secondary N) is 2. The van der Waals surface area contributed by atoms with Crippen molar-refractivity contribution >= 4 is 23.4 Å². The van der Waals surface area contributed by atoms with Crippen molar-refractivity contribution < 1.29 is 24.2 Å². The summed E-state index contributed by atoms with van der Waals surface area (Å²) in [5.74, 6) is 0.650. The Kier molecular flexibility index (Phi) is 5.62. The third-order valence-electron chi connectivity index (χ3n) is 6.35. The lowest BCUT2D eigenvalue weighted by Gasteiger charge is -2.21. The lowest BCUT2D eigenvalue weighted by Crippen LogP contribution is -2.40. The van der Waals surface area contributed by atoms with Gasteiger partial charge in [-0.3, -0.25) is 9.69 Å². The second kappa shape index (κ2) is 8.73. The van der Waals surface area contributed by atoms with Crippen LogP contribution in [0.2, 0.25) is 0 Å². The highest BCUT2D eigenvalue weighted by Gasteiger charge is 2.37. The summed E-state index contributed by atoms with van der Waals surface area (Å²) >= 11 is 0. The van der Waals surface area contributed by atoms with Gasteiger partial charge in [0.25, 0.3) is 5.91 Å². The number of rotatable bonds is 6. The summed E-state index contributed by atoms with van der Waals surface area (Å²) in [6, 6.07) is 13.2. The quantitative estimate of drug-likeness (QED) is 0.613. The van der Waals surface area contributed by atoms with Gasteiger partial charge < -0.3 is 25.2 Å². The normalized spacial score (nSPS) is 22.0. The number of ether oxygens (including phenoxy) is 2. The molecule has 33 heavy (non-hydrogen) atoms. The highest BCUT2D eigenvalue weighted by molar-refractivity contribution is 5.97. The molecule has 0 saturated carbocycles. The fourth-order valence-electron chi connectivity index (χ4n) is 4.69. The van der Waals surface area contributed by atoms with E-state index in [4.69, 9.17) is 9.47 Å². The van der Waals surface area contributed by atoms with Gasteiger partial charge in [0.1, 0.15) is 18.0 Å². The Hall–Kier alpha value is -3.61. The number of aliphatic hydroxyl groups is 1. The monoisotopic (exact) mass is 448 g/mol. The number of fused-ring (bicyclic) bond motifs is 2. The molecule has 3 N–H and O–H groups in total. The number of anilines is 2. The first-order valence-electron chi connectivity index (χ1n) is 11.0. The van der Waals surface area contributed by atoms with Crippen LogP contribution in [0.5, 0.6) is 5.75 Å². The summed E-state index contributed by atoms with van der Waals surface area (Å²) in [6.07, 6.45) is -0.334. The van der Waals surface area contributed by atoms with Crippen LogP contribution in [0.3, 0.4) is 0 Å². The Bertz CT molecular complexity index is 1140. The number of amides is 2. The Morgan fingerprint density at radius 3 is 3.00 bits per heavy atom. The van der Waals surface area contributed by atoms with Crippen molar-refractivity contribution in [1.29, 1.82) is 5.26 Å². The van der Waals surface area contributed by atoms with Gasteiger partial charge >= 0.3 is 6.09 Å². The van der Waals surface area contributed by atoms with E-state index in [1.54, 1.807) is 18.2 Å². The van der Waals surface area contributed by atoms with Crippen LogP contribution in [0.1, 0.15) is 16.7 Å². The first-order valence-corrected chi connectivity index (χ1v) is 11.0. The molecule has 1 fully saturated rings. The maximum Gasteiger partial charge on any atom is 0.414 e. The molecule has 3 aliphatic rings. The van der Waals surface area contributed by atoms with Gasteiger partial charge in [0.15, 0.2) is 6.61 Å². The second-order valence-electron chi connectivity index (χ2n) is 8.61. The van der Waals surface area contributed by atoms with Crippen LogP contribution in [-0.2, 0) is 22.4 Å². The predicted molar refractivity (Wildman–Crippen MR) is 119 cm³/mol. The average molecular weight is 448 g/mol. The zero-order chi connectivity index (χ0) is 22.9. The molecule has 2 aromatic carbocycles. The van der Waals surface area contributed by atoms with Gasteiger partial charge in [-0.25, -0.2) is 4.79 Å². The van der Waals surface area contributed by atoms with Gasteiger partial charge in [0, 0.05) is 12.2 Å². The van der Waals surface area contributed by atoms with Gasteiger partial charge in [-0.15, -0.1) is 0 Å². The number of nitriles is 1. The number of carbonyl (C=O) groups is 2. The minimum Gasteiger partial charge on any atom is -0.482 e. The summed E-state index contributed by atoms with van der Waals surface area (Å²) in [5, 5.41) is 25.9. The lowest BCUT2D eigenvalue weighted by atomic mass is 10.0. The fourth-order valence-corrected chi connectivity index (χ4v) is 4.69. The Morgan fingerprint density at radius 1 is 1.27 bits per heavy atom. The van der Waals surface area contributed by atoms with Gasteiger partial charge in [-0.05, 0) is 60.7 Å². The maximum atomic E-state index is 12.4. The van der Waals surface area contributed by atoms with Crippen LogP contribution in [0.15, 0.2) is 36.4 Å². The number of aliphatic hydroxyl groups excluding tert-OH is 1. The number of carbonyl (C=O) groups excluding carboxylic acids is 2. The molecule has 1 saturated heterocycles. The van der Waals surface area contributed by atoms with Crippen LogP contribution in [0.25, 0.3) is 0 Å². The number of nitrogens with zero attached hydrogens (tertiary/aromatic N) is 2. The molecular weight excluding hydrogens is 424 g/mol. The molecule has 2 amide bonds. The van der Waals surface area contributed by atoms with E-state index in [2.05, 4.69) is 22.8 Å². The average Bonchev–Trinajstić information content (AvgIpc) is 3.41. The van der Waals surface area contributed by atoms with E-state index in [-0.39, 0.29) is 25.6 Å². The Balaban J connectivity index is 1.14. The molecule has 2 unspecified atom stereocenters. The summed E-state index contributed by atoms with van der Waals surface area (Å²) in [5.41, 5.74) is 4.14. The second-order valence-corrected chi connectivity index (χ2v) is 8.61. The standard InChI is InChI=1S/C24H24N4O5/c25-9-16-3-1-2-15-6-14(7-18(15)16)10-26-11-20(29)22-12-28(24(31)33-22)17-4-5-21-19(8-17)27-23(30)13-32-21/h1-5,8,14,20,22,26,29H,6-7,10-13H2,(H,27,30)/t14?,20?,22-/m1/s1. The molecule has 0 aromatic heterocycles. The zero-order valence-corrected chi connectivity index (χ0v) is 17.9. The molecule has 1 aliphatic carbocycles. The molecule has 9 nitrogen and oxygen atoms in total. The Labute approximate surface area is 190 Å². The number of cyclic esters (lactones) is 1. The molecule has 2 aliphatic heterocycles. The lowest BCUT2D eigenvalue weighted by molar-refractivity contribution is -0.118. The van der Waals surface area contributed by atoms with Crippen LogP contribution < -0.4 is 20.3 Å². The molecule has 0 spiro atoms. The number of hydrogen-bond acceptors (Lipinski definition) is 7. The molecule has 3 atom stereocenters. The fraction of sp³-hybridized carbons (Fsp3) is 0.375. The van der Waals surface area contributed by atoms with E-state index in [0.717, 1.165) is 24.0 Å². The van der Waals surface area contributed by atoms with Crippen molar-refractivity contribution in [2.24, 2.45) is 5.92 Å². The molecule has 170 valence electrons. The number of benzene rings is 2. The summed E-state index contributed by atoms with van der Waals surface area (Å²) in [4.78, 5) is 25.4. The minimum atomic E-state index is -0.863. The molecule has 0 radical (unpaired) electrons. The van der Waals surface area contributed by atoms with Crippen LogP contribution in [0, 0.1) is 17.2 Å². The molecule has 5 rings (SSSR count). The van der Waals surface area contributed by atoms with Crippen molar-refractivity contribution in [3.05, 3.63) is 53.1 Å². The van der Waals surface area contributed by atoms with Crippen molar-refractivity contribution in [2.75, 3.05) is 36.5 Å². The van der Waals surface area contributed by atoms with Gasteiger partial charge in [-0.1, -0.05) is 12.1 Å². The summed E-state index contributed by atoms with van der Waals surface area (Å²) in [6.45, 7) is 1.16. The zero-order valence-electron chi connectivity index (χ0n) is 17.9. The molecule has 9 heteroatoms. The minimum absolute atomic E-state index is 0.0359. The Morgan fingerprint density at radius 2 is 2.15 bits per heavy atom. The third-order valence-corrected chi connectivity index (χ3v) is 6.35. The van der Waals surface area contributed by atoms with Crippen molar-refractivity contribution in [3.8, 4) is 11.8 Å². The first kappa shape index (κ1) is 21.2. The SMILES string of the molecule is N#Cc1cccc2c1CC(CNCC(O)[C@H]1CN(c3ccc4c(c3)NC(=O)CO4)C(=O)O1)C2. The van der Waals surface area contributed by atoms with Crippen LogP contribution in [0.4, 0.5) is 16.2 Å². The number of hydrogen-bond donors (Lipinski definition) is 3. The van der Waals surface area contributed by atoms with E-state index in [0.29, 0.717) is 29.6 Å². The molecular formula is C24H24N4O5. The van der Waals surface area contributed by atoms with Crippen molar-refractivity contribution in [2.45, 2.75) is 25.0 Å². The van der Waals surface area contributed by atoms with Gasteiger partial charge in [-0.2, -0.15) is 5.26 Å². The maximum absolute atomic E-state index is 12.4. The molecule has 2 aromatic rings. The highest BCUT2D eigenvalue weighted by Crippen LogP contribution is 2.34. The summed E-state index contributed by atoms with van der Waals surface area (Å²) < 4.78 is 10.7. The highest BCUT2D eigenvalue weighted by atomic mass is 16.6. The van der Waals surface area contributed by atoms with Crippen molar-refractivity contribution in [3.63, 3.8) is 0 Å². The van der Waals surface area contributed by atoms with E-state index < -0.39 is 18.3 Å². The molecule has 0 bridgehead atoms. The largest absolute Gasteiger partial charge is 0.482 e. The predicted octanol–water partition coefficient (Wildman–Crippen LogP) is 1.58. The van der Waals surface area contributed by atoms with E-state index >= 15 is 0 Å². The van der Waals surface area contributed by atoms with E-state index in [1.165, 1.54) is 10.5 Å². The van der Waals surface area contributed by atoms with Crippen LogP contribution >= 0.6 is 0 Å². The summed E-state index contributed by atoms with van der Waals surface area (Å²) in [7, 11) is 0. The molecule has 2 heterocycles. The van der Waals surface area contributed by atoms with Crippen molar-refractivity contribution in [1.82, 2.24) is 5.32 Å². The van der Waals surface area contributed by atoms with E-state index in [9.17, 15) is 20.0 Å². The topological polar surface area (TPSA) is 124 Å². The van der Waals surface area contributed by atoms with Crippen LogP contribution in [-0.4, -0.2) is 55.6 Å². The van der Waals surface area contributed by atoms with E-state index in [1.807, 2.05) is 12.1 Å². The van der Waals surface area contributed by atoms with Gasteiger partial charge in [0.05, 0.1) is 23.9 Å². The third kappa shape index (κ3) is 4.23.